The Morgan fingerprint density at radius 3 is 2.93 bits per heavy atom. The number of rotatable bonds is 1. The van der Waals surface area contributed by atoms with Gasteiger partial charge < -0.3 is 10.5 Å². The molecule has 80 valence electrons. The summed E-state index contributed by atoms with van der Waals surface area (Å²) in [7, 11) is 0. The van der Waals surface area contributed by atoms with Crippen LogP contribution in [0.4, 0.5) is 20.6 Å². The SMILES string of the molecule is Nc1ccc(N2CCCOC2=O)c(F)c1. The molecule has 1 aromatic rings. The number of carbonyl (C=O) groups is 1. The Morgan fingerprint density at radius 2 is 2.27 bits per heavy atom. The van der Waals surface area contributed by atoms with Gasteiger partial charge in [0.1, 0.15) is 5.82 Å². The number of nitrogens with zero attached hydrogens (tertiary/aromatic N) is 1. The molecule has 2 N–H and O–H groups in total. The zero-order valence-electron chi connectivity index (χ0n) is 8.07. The number of ether oxygens (including phenoxy) is 1. The zero-order valence-corrected chi connectivity index (χ0v) is 8.07. The summed E-state index contributed by atoms with van der Waals surface area (Å²) >= 11 is 0. The minimum Gasteiger partial charge on any atom is -0.449 e. The standard InChI is InChI=1S/C10H11FN2O2/c11-8-6-7(12)2-3-9(8)13-4-1-5-15-10(13)14/h2-3,6H,1,4-5,12H2. The van der Waals surface area contributed by atoms with Crippen LogP contribution in [0, 0.1) is 5.82 Å². The van der Waals surface area contributed by atoms with Crippen LogP contribution in [0.25, 0.3) is 0 Å². The monoisotopic (exact) mass is 210 g/mol. The number of halogens is 1. The van der Waals surface area contributed by atoms with Crippen LogP contribution in [0.3, 0.4) is 0 Å². The molecule has 1 fully saturated rings. The second-order valence-corrected chi connectivity index (χ2v) is 3.33. The van der Waals surface area contributed by atoms with Gasteiger partial charge in [0.2, 0.25) is 0 Å². The molecular weight excluding hydrogens is 199 g/mol. The molecule has 0 radical (unpaired) electrons. The van der Waals surface area contributed by atoms with E-state index in [1.165, 1.54) is 17.0 Å². The van der Waals surface area contributed by atoms with Crippen LogP contribution < -0.4 is 10.6 Å². The van der Waals surface area contributed by atoms with E-state index in [9.17, 15) is 9.18 Å². The molecule has 0 aliphatic carbocycles. The summed E-state index contributed by atoms with van der Waals surface area (Å²) in [5, 5.41) is 0. The fourth-order valence-corrected chi connectivity index (χ4v) is 1.51. The van der Waals surface area contributed by atoms with E-state index in [-0.39, 0.29) is 5.69 Å². The van der Waals surface area contributed by atoms with E-state index in [4.69, 9.17) is 10.5 Å². The largest absolute Gasteiger partial charge is 0.449 e. The summed E-state index contributed by atoms with van der Waals surface area (Å²) < 4.78 is 18.3. The Labute approximate surface area is 86.4 Å². The molecule has 1 aromatic carbocycles. The fourth-order valence-electron chi connectivity index (χ4n) is 1.51. The molecule has 0 spiro atoms. The van der Waals surface area contributed by atoms with E-state index in [0.29, 0.717) is 25.3 Å². The number of nitrogens with two attached hydrogens (primary N) is 1. The molecule has 0 aromatic heterocycles. The maximum Gasteiger partial charge on any atom is 0.414 e. The van der Waals surface area contributed by atoms with Crippen molar-refractivity contribution in [3.8, 4) is 0 Å². The smallest absolute Gasteiger partial charge is 0.414 e. The molecule has 1 aliphatic rings. The van der Waals surface area contributed by atoms with Crippen LogP contribution in [0.2, 0.25) is 0 Å². The maximum atomic E-state index is 13.5. The van der Waals surface area contributed by atoms with Crippen LogP contribution in [0.5, 0.6) is 0 Å². The van der Waals surface area contributed by atoms with Gasteiger partial charge in [-0.25, -0.2) is 9.18 Å². The summed E-state index contributed by atoms with van der Waals surface area (Å²) in [6.07, 6.45) is 0.195. The Hall–Kier alpha value is -1.78. The van der Waals surface area contributed by atoms with Crippen molar-refractivity contribution >= 4 is 17.5 Å². The molecule has 15 heavy (non-hydrogen) atoms. The van der Waals surface area contributed by atoms with E-state index < -0.39 is 11.9 Å². The number of carbonyl (C=O) groups excluding carboxylic acids is 1. The van der Waals surface area contributed by atoms with E-state index in [1.807, 2.05) is 0 Å². The number of benzene rings is 1. The Bertz CT molecular complexity index is 395. The third-order valence-corrected chi connectivity index (χ3v) is 2.23. The van der Waals surface area contributed by atoms with Crippen molar-refractivity contribution in [1.82, 2.24) is 0 Å². The maximum absolute atomic E-state index is 13.5. The number of amides is 1. The molecule has 0 bridgehead atoms. The molecule has 1 saturated heterocycles. The number of cyclic esters (lactones) is 1. The van der Waals surface area contributed by atoms with Crippen LogP contribution in [0.1, 0.15) is 6.42 Å². The zero-order chi connectivity index (χ0) is 10.8. The molecule has 0 atom stereocenters. The first-order chi connectivity index (χ1) is 7.18. The van der Waals surface area contributed by atoms with Gasteiger partial charge in [0.05, 0.1) is 12.3 Å². The van der Waals surface area contributed by atoms with Gasteiger partial charge in [0, 0.05) is 12.2 Å². The molecule has 0 saturated carbocycles. The summed E-state index contributed by atoms with van der Waals surface area (Å²) in [4.78, 5) is 12.6. The number of hydrogen-bond acceptors (Lipinski definition) is 3. The number of nitrogen functional groups attached to an aromatic ring is 1. The number of anilines is 2. The average Bonchev–Trinajstić information content (AvgIpc) is 2.20. The van der Waals surface area contributed by atoms with Crippen LogP contribution in [-0.4, -0.2) is 19.2 Å². The lowest BCUT2D eigenvalue weighted by molar-refractivity contribution is 0.140. The molecule has 2 rings (SSSR count). The minimum absolute atomic E-state index is 0.217. The molecular formula is C10H11FN2O2. The fraction of sp³-hybridized carbons (Fsp3) is 0.300. The third kappa shape index (κ3) is 1.86. The van der Waals surface area contributed by atoms with E-state index in [1.54, 1.807) is 6.07 Å². The van der Waals surface area contributed by atoms with Crippen LogP contribution >= 0.6 is 0 Å². The first kappa shape index (κ1) is 9.76. The van der Waals surface area contributed by atoms with Crippen molar-refractivity contribution in [3.05, 3.63) is 24.0 Å². The van der Waals surface area contributed by atoms with Crippen LogP contribution in [-0.2, 0) is 4.74 Å². The van der Waals surface area contributed by atoms with Crippen LogP contribution in [0.15, 0.2) is 18.2 Å². The van der Waals surface area contributed by atoms with E-state index in [0.717, 1.165) is 0 Å². The molecule has 0 unspecified atom stereocenters. The first-order valence-corrected chi connectivity index (χ1v) is 4.68. The molecule has 1 heterocycles. The highest BCUT2D eigenvalue weighted by Gasteiger charge is 2.23. The minimum atomic E-state index is -0.509. The quantitative estimate of drug-likeness (QED) is 0.718. The first-order valence-electron chi connectivity index (χ1n) is 4.68. The average molecular weight is 210 g/mol. The van der Waals surface area contributed by atoms with Gasteiger partial charge >= 0.3 is 6.09 Å². The summed E-state index contributed by atoms with van der Waals surface area (Å²) in [6.45, 7) is 0.867. The topological polar surface area (TPSA) is 55.6 Å². The lowest BCUT2D eigenvalue weighted by Crippen LogP contribution is -2.38. The van der Waals surface area contributed by atoms with Crippen molar-refractivity contribution in [2.75, 3.05) is 23.8 Å². The molecule has 1 aliphatic heterocycles. The third-order valence-electron chi connectivity index (χ3n) is 2.23. The predicted molar refractivity (Wildman–Crippen MR) is 54.1 cm³/mol. The Balaban J connectivity index is 2.31. The highest BCUT2D eigenvalue weighted by atomic mass is 19.1. The Kier molecular flexibility index (Phi) is 2.45. The normalized spacial score (nSPS) is 16.3. The lowest BCUT2D eigenvalue weighted by Gasteiger charge is -2.26. The predicted octanol–water partition coefficient (Wildman–Crippen LogP) is 1.75. The van der Waals surface area contributed by atoms with Gasteiger partial charge in [0.25, 0.3) is 0 Å². The second-order valence-electron chi connectivity index (χ2n) is 3.33. The van der Waals surface area contributed by atoms with Gasteiger partial charge in [-0.1, -0.05) is 0 Å². The Morgan fingerprint density at radius 1 is 1.47 bits per heavy atom. The highest BCUT2D eigenvalue weighted by Crippen LogP contribution is 2.23. The highest BCUT2D eigenvalue weighted by molar-refractivity contribution is 5.88. The summed E-state index contributed by atoms with van der Waals surface area (Å²) in [5.74, 6) is -0.506. The molecule has 5 heteroatoms. The van der Waals surface area contributed by atoms with Crippen molar-refractivity contribution in [2.45, 2.75) is 6.42 Å². The van der Waals surface area contributed by atoms with Gasteiger partial charge in [-0.15, -0.1) is 0 Å². The molecule has 4 nitrogen and oxygen atoms in total. The second kappa shape index (κ2) is 3.76. The molecule has 1 amide bonds. The van der Waals surface area contributed by atoms with Crippen molar-refractivity contribution in [3.63, 3.8) is 0 Å². The summed E-state index contributed by atoms with van der Waals surface area (Å²) in [5.41, 5.74) is 5.97. The van der Waals surface area contributed by atoms with Gasteiger partial charge in [0.15, 0.2) is 0 Å². The summed E-state index contributed by atoms with van der Waals surface area (Å²) in [6, 6.07) is 4.23. The van der Waals surface area contributed by atoms with Crippen molar-refractivity contribution < 1.29 is 13.9 Å². The van der Waals surface area contributed by atoms with Crippen molar-refractivity contribution in [1.29, 1.82) is 0 Å². The van der Waals surface area contributed by atoms with Gasteiger partial charge in [-0.2, -0.15) is 0 Å². The van der Waals surface area contributed by atoms with Gasteiger partial charge in [-0.05, 0) is 24.6 Å². The van der Waals surface area contributed by atoms with E-state index in [2.05, 4.69) is 0 Å². The number of hydrogen-bond donors (Lipinski definition) is 1. The van der Waals surface area contributed by atoms with E-state index >= 15 is 0 Å². The lowest BCUT2D eigenvalue weighted by atomic mass is 10.2. The van der Waals surface area contributed by atoms with Crippen molar-refractivity contribution in [2.24, 2.45) is 0 Å². The van der Waals surface area contributed by atoms with Gasteiger partial charge in [-0.3, -0.25) is 4.90 Å².